The summed E-state index contributed by atoms with van der Waals surface area (Å²) in [7, 11) is 0. The molecule has 3 aliphatic rings. The lowest BCUT2D eigenvalue weighted by Gasteiger charge is -2.66. The van der Waals surface area contributed by atoms with E-state index in [9.17, 15) is 4.79 Å². The van der Waals surface area contributed by atoms with Crippen molar-refractivity contribution in [1.82, 2.24) is 9.80 Å². The topological polar surface area (TPSA) is 58.8 Å². The Bertz CT molecular complexity index is 428. The van der Waals surface area contributed by atoms with Crippen molar-refractivity contribution in [3.8, 4) is 0 Å². The first-order chi connectivity index (χ1) is 9.92. The summed E-state index contributed by atoms with van der Waals surface area (Å²) in [6.07, 6.45) is 2.19. The highest BCUT2D eigenvalue weighted by Crippen LogP contribution is 2.57. The molecule has 5 nitrogen and oxygen atoms in total. The van der Waals surface area contributed by atoms with E-state index >= 15 is 0 Å². The predicted molar refractivity (Wildman–Crippen MR) is 96.4 cm³/mol. The van der Waals surface area contributed by atoms with Gasteiger partial charge in [0, 0.05) is 44.1 Å². The number of halogens is 2. The van der Waals surface area contributed by atoms with E-state index < -0.39 is 5.54 Å². The molecule has 2 saturated heterocycles. The van der Waals surface area contributed by atoms with E-state index in [2.05, 4.69) is 25.7 Å². The monoisotopic (exact) mass is 367 g/mol. The van der Waals surface area contributed by atoms with Crippen LogP contribution in [0.4, 0.5) is 0 Å². The van der Waals surface area contributed by atoms with Crippen LogP contribution in [0.15, 0.2) is 0 Å². The van der Waals surface area contributed by atoms with Gasteiger partial charge in [-0.25, -0.2) is 0 Å². The van der Waals surface area contributed by atoms with E-state index in [4.69, 9.17) is 10.5 Å². The molecule has 0 aromatic carbocycles. The van der Waals surface area contributed by atoms with E-state index in [0.717, 1.165) is 52.2 Å². The molecule has 2 aliphatic heterocycles. The van der Waals surface area contributed by atoms with Crippen LogP contribution in [-0.2, 0) is 9.53 Å². The fourth-order valence-electron chi connectivity index (χ4n) is 4.54. The number of hydrogen-bond donors (Lipinski definition) is 1. The van der Waals surface area contributed by atoms with Crippen LogP contribution in [0.5, 0.6) is 0 Å². The summed E-state index contributed by atoms with van der Waals surface area (Å²) in [5, 5.41) is 0. The van der Waals surface area contributed by atoms with Crippen molar-refractivity contribution < 1.29 is 9.53 Å². The van der Waals surface area contributed by atoms with Gasteiger partial charge < -0.3 is 20.3 Å². The number of nitrogens with two attached hydrogens (primary N) is 1. The maximum Gasteiger partial charge on any atom is 0.243 e. The van der Waals surface area contributed by atoms with Crippen LogP contribution in [0.3, 0.4) is 0 Å². The van der Waals surface area contributed by atoms with E-state index in [1.165, 1.54) is 0 Å². The normalized spacial score (nSPS) is 36.1. The van der Waals surface area contributed by atoms with Gasteiger partial charge >= 0.3 is 0 Å². The summed E-state index contributed by atoms with van der Waals surface area (Å²) in [5.74, 6) is 0.341. The average molecular weight is 368 g/mol. The molecule has 2 heterocycles. The number of likely N-dealkylation sites (N-methyl/N-ethyl adjacent to an activating group) is 1. The first-order valence-electron chi connectivity index (χ1n) is 8.35. The zero-order valence-electron chi connectivity index (χ0n) is 14.4. The summed E-state index contributed by atoms with van der Waals surface area (Å²) in [6, 6.07) is 0. The molecular weight excluding hydrogens is 337 g/mol. The summed E-state index contributed by atoms with van der Waals surface area (Å²) in [6.45, 7) is 11.8. The largest absolute Gasteiger partial charge is 0.377 e. The Morgan fingerprint density at radius 1 is 1.22 bits per heavy atom. The lowest BCUT2D eigenvalue weighted by atomic mass is 9.46. The molecule has 1 amide bonds. The minimum absolute atomic E-state index is 0. The Balaban J connectivity index is 0.00000132. The molecule has 1 saturated carbocycles. The smallest absolute Gasteiger partial charge is 0.243 e. The third kappa shape index (κ3) is 2.99. The lowest BCUT2D eigenvalue weighted by Crippen LogP contribution is -2.82. The number of piperazine rings is 1. The molecule has 3 atom stereocenters. The highest BCUT2D eigenvalue weighted by atomic mass is 35.5. The van der Waals surface area contributed by atoms with Crippen LogP contribution >= 0.6 is 24.8 Å². The summed E-state index contributed by atoms with van der Waals surface area (Å²) < 4.78 is 5.90. The van der Waals surface area contributed by atoms with Gasteiger partial charge in [0.25, 0.3) is 0 Å². The Morgan fingerprint density at radius 3 is 2.39 bits per heavy atom. The van der Waals surface area contributed by atoms with Gasteiger partial charge in [-0.05, 0) is 19.4 Å². The first-order valence-corrected chi connectivity index (χ1v) is 8.35. The van der Waals surface area contributed by atoms with Crippen LogP contribution < -0.4 is 5.73 Å². The standard InChI is InChI=1S/C16H29N3O2.2ClH/c1-4-18-7-9-19(10-8-18)14(20)16(17)12-6-5-11-21-13(12)15(16,2)3;;/h12-13H,4-11,17H2,1-3H3;2*1H. The summed E-state index contributed by atoms with van der Waals surface area (Å²) in [5.41, 5.74) is 5.68. The van der Waals surface area contributed by atoms with Gasteiger partial charge in [0.05, 0.1) is 6.10 Å². The van der Waals surface area contributed by atoms with E-state index in [-0.39, 0.29) is 48.2 Å². The van der Waals surface area contributed by atoms with Crippen LogP contribution in [0.2, 0.25) is 0 Å². The van der Waals surface area contributed by atoms with E-state index in [1.54, 1.807) is 0 Å². The molecule has 3 rings (SSSR count). The maximum absolute atomic E-state index is 13.1. The molecule has 0 aromatic heterocycles. The number of rotatable bonds is 2. The number of fused-ring (bicyclic) bond motifs is 1. The second-order valence-corrected chi connectivity index (χ2v) is 7.36. The second kappa shape index (κ2) is 7.44. The zero-order valence-corrected chi connectivity index (χ0v) is 16.0. The maximum atomic E-state index is 13.1. The zero-order chi connectivity index (χ0) is 15.3. The van der Waals surface area contributed by atoms with Crippen LogP contribution in [-0.4, -0.2) is 66.7 Å². The number of ether oxygens (including phenoxy) is 1. The molecule has 136 valence electrons. The SMILES string of the molecule is CCN1CCN(C(=O)C2(N)C3CCCOC3C2(C)C)CC1.Cl.Cl. The van der Waals surface area contributed by atoms with Crippen molar-refractivity contribution in [3.05, 3.63) is 0 Å². The number of carbonyl (C=O) groups is 1. The van der Waals surface area contributed by atoms with Crippen LogP contribution in [0, 0.1) is 11.3 Å². The minimum atomic E-state index is -0.744. The Labute approximate surface area is 152 Å². The van der Waals surface area contributed by atoms with Crippen molar-refractivity contribution in [1.29, 1.82) is 0 Å². The first kappa shape index (κ1) is 21.0. The van der Waals surface area contributed by atoms with E-state index in [1.807, 2.05) is 4.90 Å². The lowest BCUT2D eigenvalue weighted by molar-refractivity contribution is -0.230. The molecule has 7 heteroatoms. The Kier molecular flexibility index (Phi) is 6.79. The molecule has 1 aliphatic carbocycles. The summed E-state index contributed by atoms with van der Waals surface area (Å²) in [4.78, 5) is 17.5. The van der Waals surface area contributed by atoms with Gasteiger partial charge in [0.15, 0.2) is 0 Å². The van der Waals surface area contributed by atoms with Crippen molar-refractivity contribution >= 4 is 30.7 Å². The number of amides is 1. The fourth-order valence-corrected chi connectivity index (χ4v) is 4.54. The van der Waals surface area contributed by atoms with Crippen molar-refractivity contribution in [2.75, 3.05) is 39.3 Å². The Hall–Kier alpha value is -0.0700. The van der Waals surface area contributed by atoms with Crippen molar-refractivity contribution in [2.45, 2.75) is 45.3 Å². The van der Waals surface area contributed by atoms with Crippen molar-refractivity contribution in [3.63, 3.8) is 0 Å². The van der Waals surface area contributed by atoms with Crippen LogP contribution in [0.1, 0.15) is 33.6 Å². The molecule has 0 bridgehead atoms. The third-order valence-electron chi connectivity index (χ3n) is 6.15. The van der Waals surface area contributed by atoms with Gasteiger partial charge in [-0.15, -0.1) is 24.8 Å². The molecule has 3 fully saturated rings. The van der Waals surface area contributed by atoms with Gasteiger partial charge in [0.2, 0.25) is 5.91 Å². The molecule has 0 aromatic rings. The van der Waals surface area contributed by atoms with Gasteiger partial charge in [-0.2, -0.15) is 0 Å². The Morgan fingerprint density at radius 2 is 1.83 bits per heavy atom. The van der Waals surface area contributed by atoms with Crippen molar-refractivity contribution in [2.24, 2.45) is 17.1 Å². The highest BCUT2D eigenvalue weighted by Gasteiger charge is 2.70. The second-order valence-electron chi connectivity index (χ2n) is 7.36. The third-order valence-corrected chi connectivity index (χ3v) is 6.15. The molecule has 3 unspecified atom stereocenters. The van der Waals surface area contributed by atoms with Gasteiger partial charge in [-0.3, -0.25) is 4.79 Å². The number of nitrogens with zero attached hydrogens (tertiary/aromatic N) is 2. The number of carbonyl (C=O) groups excluding carboxylic acids is 1. The number of hydrogen-bond acceptors (Lipinski definition) is 4. The molecule has 0 spiro atoms. The minimum Gasteiger partial charge on any atom is -0.377 e. The predicted octanol–water partition coefficient (Wildman–Crippen LogP) is 1.53. The molecule has 2 N–H and O–H groups in total. The summed E-state index contributed by atoms with van der Waals surface area (Å²) >= 11 is 0. The fraction of sp³-hybridized carbons (Fsp3) is 0.938. The van der Waals surface area contributed by atoms with Gasteiger partial charge in [0.1, 0.15) is 5.54 Å². The molecule has 23 heavy (non-hydrogen) atoms. The van der Waals surface area contributed by atoms with E-state index in [0.29, 0.717) is 0 Å². The molecule has 0 radical (unpaired) electrons. The molecular formula is C16H31Cl2N3O2. The highest BCUT2D eigenvalue weighted by molar-refractivity contribution is 5.89. The van der Waals surface area contributed by atoms with Gasteiger partial charge in [-0.1, -0.05) is 20.8 Å². The van der Waals surface area contributed by atoms with Crippen LogP contribution in [0.25, 0.3) is 0 Å². The average Bonchev–Trinajstić information content (AvgIpc) is 2.53. The quantitative estimate of drug-likeness (QED) is 0.803.